The van der Waals surface area contributed by atoms with Crippen molar-refractivity contribution >= 4 is 5.69 Å². The molecule has 3 heteroatoms. The van der Waals surface area contributed by atoms with Crippen molar-refractivity contribution in [3.8, 4) is 0 Å². The maximum atomic E-state index is 5.20. The summed E-state index contributed by atoms with van der Waals surface area (Å²) < 4.78 is 10.3. The minimum atomic E-state index is 0.435. The fourth-order valence-electron chi connectivity index (χ4n) is 1.63. The Morgan fingerprint density at radius 1 is 1.07 bits per heavy atom. The highest BCUT2D eigenvalue weighted by Crippen LogP contribution is 2.18. The minimum absolute atomic E-state index is 0.435. The number of ether oxygens (including phenoxy) is 2. The van der Waals surface area contributed by atoms with E-state index < -0.39 is 0 Å². The third-order valence-corrected chi connectivity index (χ3v) is 2.76. The van der Waals surface area contributed by atoms with Crippen molar-refractivity contribution < 1.29 is 9.47 Å². The predicted octanol–water partition coefficient (Wildman–Crippen LogP) is 1.44. The predicted molar refractivity (Wildman–Crippen MR) is 58.1 cm³/mol. The molecule has 2 aliphatic heterocycles. The van der Waals surface area contributed by atoms with Gasteiger partial charge in [-0.25, -0.2) is 0 Å². The second-order valence-electron chi connectivity index (χ2n) is 4.19. The zero-order valence-electron chi connectivity index (χ0n) is 8.61. The maximum absolute atomic E-state index is 5.20. The van der Waals surface area contributed by atoms with Crippen LogP contribution in [0, 0.1) is 0 Å². The van der Waals surface area contributed by atoms with Crippen LogP contribution in [0.4, 0.5) is 5.69 Å². The lowest BCUT2D eigenvalue weighted by Crippen LogP contribution is -2.07. The molecule has 0 saturated carbocycles. The summed E-state index contributed by atoms with van der Waals surface area (Å²) in [6.45, 7) is 2.76. The lowest BCUT2D eigenvalue weighted by atomic mass is 10.1. The first-order valence-corrected chi connectivity index (χ1v) is 5.46. The molecule has 1 aromatic carbocycles. The summed E-state index contributed by atoms with van der Waals surface area (Å²) in [5, 5.41) is 3.35. The summed E-state index contributed by atoms with van der Waals surface area (Å²) >= 11 is 0. The smallest absolute Gasteiger partial charge is 0.0981 e. The Morgan fingerprint density at radius 2 is 1.73 bits per heavy atom. The highest BCUT2D eigenvalue weighted by molar-refractivity contribution is 5.45. The average molecular weight is 205 g/mol. The molecule has 80 valence electrons. The Hall–Kier alpha value is -1.06. The monoisotopic (exact) mass is 205 g/mol. The van der Waals surface area contributed by atoms with E-state index in [-0.39, 0.29) is 0 Å². The van der Waals surface area contributed by atoms with Crippen molar-refractivity contribution in [1.29, 1.82) is 0 Å². The van der Waals surface area contributed by atoms with Crippen molar-refractivity contribution in [2.45, 2.75) is 18.6 Å². The summed E-state index contributed by atoms with van der Waals surface area (Å²) in [6, 6.07) is 8.58. The number of hydrogen-bond donors (Lipinski definition) is 1. The molecule has 0 spiro atoms. The van der Waals surface area contributed by atoms with E-state index in [0.717, 1.165) is 26.2 Å². The van der Waals surface area contributed by atoms with E-state index in [9.17, 15) is 0 Å². The maximum Gasteiger partial charge on any atom is 0.0981 e. The second kappa shape index (κ2) is 3.83. The molecular formula is C12H15NO2. The van der Waals surface area contributed by atoms with Gasteiger partial charge in [-0.3, -0.25) is 0 Å². The fraction of sp³-hybridized carbons (Fsp3) is 0.500. The molecule has 0 bridgehead atoms. The summed E-state index contributed by atoms with van der Waals surface area (Å²) in [6.07, 6.45) is 1.96. The zero-order valence-corrected chi connectivity index (χ0v) is 8.61. The molecule has 0 amide bonds. The largest absolute Gasteiger partial charge is 0.382 e. The molecule has 2 fully saturated rings. The quantitative estimate of drug-likeness (QED) is 0.739. The van der Waals surface area contributed by atoms with Crippen LogP contribution in [-0.2, 0) is 15.9 Å². The van der Waals surface area contributed by atoms with Gasteiger partial charge in [-0.05, 0) is 17.7 Å². The number of benzene rings is 1. The van der Waals surface area contributed by atoms with Crippen LogP contribution in [-0.4, -0.2) is 32.0 Å². The Kier molecular flexibility index (Phi) is 2.35. The second-order valence-corrected chi connectivity index (χ2v) is 4.19. The molecule has 3 rings (SSSR count). The van der Waals surface area contributed by atoms with Gasteiger partial charge in [0.1, 0.15) is 0 Å². The molecule has 2 unspecified atom stereocenters. The third kappa shape index (κ3) is 2.70. The molecule has 0 radical (unpaired) electrons. The van der Waals surface area contributed by atoms with Crippen molar-refractivity contribution in [2.75, 3.05) is 25.1 Å². The molecule has 3 nitrogen and oxygen atoms in total. The van der Waals surface area contributed by atoms with E-state index in [0.29, 0.717) is 12.2 Å². The van der Waals surface area contributed by atoms with Gasteiger partial charge in [-0.15, -0.1) is 0 Å². The summed E-state index contributed by atoms with van der Waals surface area (Å²) in [7, 11) is 0. The average Bonchev–Trinajstić information content (AvgIpc) is 3.12. The van der Waals surface area contributed by atoms with E-state index in [4.69, 9.17) is 9.47 Å². The number of rotatable bonds is 5. The fourth-order valence-corrected chi connectivity index (χ4v) is 1.63. The summed E-state index contributed by atoms with van der Waals surface area (Å²) in [5.74, 6) is 0. The number of hydrogen-bond acceptors (Lipinski definition) is 3. The molecule has 2 aliphatic rings. The van der Waals surface area contributed by atoms with Crippen LogP contribution in [0.15, 0.2) is 24.3 Å². The third-order valence-electron chi connectivity index (χ3n) is 2.76. The summed E-state index contributed by atoms with van der Waals surface area (Å²) in [4.78, 5) is 0. The van der Waals surface area contributed by atoms with E-state index in [1.54, 1.807) is 0 Å². The van der Waals surface area contributed by atoms with Crippen molar-refractivity contribution in [2.24, 2.45) is 0 Å². The molecule has 2 heterocycles. The minimum Gasteiger partial charge on any atom is -0.382 e. The van der Waals surface area contributed by atoms with Crippen molar-refractivity contribution in [3.63, 3.8) is 0 Å². The zero-order chi connectivity index (χ0) is 10.1. The lowest BCUT2D eigenvalue weighted by Gasteiger charge is -2.05. The Bertz CT molecular complexity index is 328. The highest BCUT2D eigenvalue weighted by atomic mass is 16.6. The van der Waals surface area contributed by atoms with Gasteiger partial charge >= 0.3 is 0 Å². The summed E-state index contributed by atoms with van der Waals surface area (Å²) in [5.41, 5.74) is 2.52. The van der Waals surface area contributed by atoms with Gasteiger partial charge in [0.2, 0.25) is 0 Å². The van der Waals surface area contributed by atoms with Crippen LogP contribution in [0.1, 0.15) is 5.56 Å². The van der Waals surface area contributed by atoms with Gasteiger partial charge in [0.15, 0.2) is 0 Å². The van der Waals surface area contributed by atoms with Crippen LogP contribution >= 0.6 is 0 Å². The first-order valence-electron chi connectivity index (χ1n) is 5.46. The van der Waals surface area contributed by atoms with Crippen LogP contribution in [0.3, 0.4) is 0 Å². The Balaban J connectivity index is 1.53. The lowest BCUT2D eigenvalue weighted by molar-refractivity contribution is 0.407. The topological polar surface area (TPSA) is 37.1 Å². The van der Waals surface area contributed by atoms with Crippen molar-refractivity contribution in [1.82, 2.24) is 0 Å². The molecule has 0 aliphatic carbocycles. The first-order chi connectivity index (χ1) is 7.40. The molecule has 1 aromatic rings. The van der Waals surface area contributed by atoms with Crippen LogP contribution in [0.25, 0.3) is 0 Å². The van der Waals surface area contributed by atoms with Crippen LogP contribution < -0.4 is 5.32 Å². The normalized spacial score (nSPS) is 27.5. The van der Waals surface area contributed by atoms with E-state index in [2.05, 4.69) is 29.6 Å². The van der Waals surface area contributed by atoms with Gasteiger partial charge < -0.3 is 14.8 Å². The molecule has 15 heavy (non-hydrogen) atoms. The van der Waals surface area contributed by atoms with Gasteiger partial charge in [-0.1, -0.05) is 12.1 Å². The van der Waals surface area contributed by atoms with E-state index in [1.807, 2.05) is 0 Å². The highest BCUT2D eigenvalue weighted by Gasteiger charge is 2.23. The van der Waals surface area contributed by atoms with E-state index in [1.165, 1.54) is 11.3 Å². The molecular weight excluding hydrogens is 190 g/mol. The molecule has 1 N–H and O–H groups in total. The van der Waals surface area contributed by atoms with Crippen molar-refractivity contribution in [3.05, 3.63) is 29.8 Å². The van der Waals surface area contributed by atoms with Gasteiger partial charge in [0, 0.05) is 18.7 Å². The van der Waals surface area contributed by atoms with Gasteiger partial charge in [0.05, 0.1) is 25.4 Å². The van der Waals surface area contributed by atoms with Crippen LogP contribution in [0.5, 0.6) is 0 Å². The van der Waals surface area contributed by atoms with Crippen LogP contribution in [0.2, 0.25) is 0 Å². The van der Waals surface area contributed by atoms with Gasteiger partial charge in [-0.2, -0.15) is 0 Å². The number of anilines is 1. The number of epoxide rings is 2. The molecule has 2 saturated heterocycles. The Labute approximate surface area is 89.4 Å². The molecule has 2 atom stereocenters. The van der Waals surface area contributed by atoms with Gasteiger partial charge in [0.25, 0.3) is 0 Å². The van der Waals surface area contributed by atoms with E-state index >= 15 is 0 Å². The standard InChI is InChI=1S/C12H15NO2/c1-3-10(13-6-12-8-15-12)4-2-9(1)5-11-7-14-11/h1-4,11-13H,5-8H2. The Morgan fingerprint density at radius 3 is 2.33 bits per heavy atom. The molecule has 0 aromatic heterocycles. The number of nitrogens with one attached hydrogen (secondary N) is 1. The first kappa shape index (κ1) is 9.19. The SMILES string of the molecule is c1cc(NCC2CO2)ccc1CC1CO1.